The zero-order valence-electron chi connectivity index (χ0n) is 10.5. The molecule has 0 aliphatic rings. The van der Waals surface area contributed by atoms with Gasteiger partial charge in [0.15, 0.2) is 0 Å². The van der Waals surface area contributed by atoms with Crippen molar-refractivity contribution in [3.63, 3.8) is 0 Å². The van der Waals surface area contributed by atoms with E-state index in [2.05, 4.69) is 5.10 Å². The maximum Gasteiger partial charge on any atom is 0.0987 e. The van der Waals surface area contributed by atoms with E-state index in [1.54, 1.807) is 11.8 Å². The summed E-state index contributed by atoms with van der Waals surface area (Å²) in [7, 11) is 1.95. The summed E-state index contributed by atoms with van der Waals surface area (Å²) >= 11 is 7.87. The van der Waals surface area contributed by atoms with E-state index in [0.717, 1.165) is 32.6 Å². The molecule has 0 bridgehead atoms. The van der Waals surface area contributed by atoms with Gasteiger partial charge in [0, 0.05) is 29.9 Å². The van der Waals surface area contributed by atoms with Crippen molar-refractivity contribution in [2.24, 2.45) is 12.8 Å². The first-order valence-electron chi connectivity index (χ1n) is 5.72. The molecule has 0 atom stereocenters. The van der Waals surface area contributed by atoms with Crippen molar-refractivity contribution in [3.8, 4) is 0 Å². The van der Waals surface area contributed by atoms with Gasteiger partial charge < -0.3 is 5.73 Å². The Balaban J connectivity index is 2.18. The summed E-state index contributed by atoms with van der Waals surface area (Å²) in [6.45, 7) is 2.51. The number of thioether (sulfide) groups is 1. The monoisotopic (exact) mass is 281 g/mol. The molecule has 2 aromatic rings. The second-order valence-electron chi connectivity index (χ2n) is 4.08. The maximum atomic E-state index is 6.15. The smallest absolute Gasteiger partial charge is 0.0987 e. The van der Waals surface area contributed by atoms with Gasteiger partial charge in [-0.05, 0) is 18.6 Å². The van der Waals surface area contributed by atoms with Gasteiger partial charge in [-0.3, -0.25) is 4.68 Å². The van der Waals surface area contributed by atoms with Gasteiger partial charge in [-0.2, -0.15) is 5.10 Å². The molecule has 5 heteroatoms. The van der Waals surface area contributed by atoms with Crippen LogP contribution in [-0.2, 0) is 19.3 Å². The Hall–Kier alpha value is -0.970. The van der Waals surface area contributed by atoms with Crippen LogP contribution in [0.3, 0.4) is 0 Å². The minimum Gasteiger partial charge on any atom is -0.326 e. The molecule has 0 aliphatic carbocycles. The molecule has 0 unspecified atom stereocenters. The number of benzene rings is 1. The zero-order valence-corrected chi connectivity index (χ0v) is 12.1. The van der Waals surface area contributed by atoms with Crippen molar-refractivity contribution in [1.29, 1.82) is 0 Å². The fourth-order valence-electron chi connectivity index (χ4n) is 1.86. The summed E-state index contributed by atoms with van der Waals surface area (Å²) in [5.41, 5.74) is 9.02. The van der Waals surface area contributed by atoms with E-state index in [-0.39, 0.29) is 0 Å². The number of nitrogens with two attached hydrogens (primary N) is 1. The van der Waals surface area contributed by atoms with E-state index >= 15 is 0 Å². The van der Waals surface area contributed by atoms with Gasteiger partial charge >= 0.3 is 0 Å². The van der Waals surface area contributed by atoms with Crippen molar-refractivity contribution < 1.29 is 0 Å². The Morgan fingerprint density at radius 1 is 1.39 bits per heavy atom. The molecule has 2 rings (SSSR count). The van der Waals surface area contributed by atoms with Crippen molar-refractivity contribution >= 4 is 23.4 Å². The summed E-state index contributed by atoms with van der Waals surface area (Å²) in [5, 5.41) is 6.32. The molecule has 0 fully saturated rings. The summed E-state index contributed by atoms with van der Waals surface area (Å²) < 4.78 is 1.89. The Labute approximate surface area is 116 Å². The quantitative estimate of drug-likeness (QED) is 0.876. The number of rotatable bonds is 4. The number of halogens is 1. The van der Waals surface area contributed by atoms with Gasteiger partial charge in [0.1, 0.15) is 0 Å². The van der Waals surface area contributed by atoms with Crippen molar-refractivity contribution in [3.05, 3.63) is 46.1 Å². The molecule has 18 heavy (non-hydrogen) atoms. The molecule has 3 nitrogen and oxygen atoms in total. The van der Waals surface area contributed by atoms with Crippen LogP contribution < -0.4 is 5.73 Å². The number of hydrogen-bond donors (Lipinski definition) is 1. The van der Waals surface area contributed by atoms with Gasteiger partial charge in [-0.1, -0.05) is 29.8 Å². The summed E-state index contributed by atoms with van der Waals surface area (Å²) in [6, 6.07) is 7.90. The number of aromatic nitrogens is 2. The Bertz CT molecular complexity index is 551. The van der Waals surface area contributed by atoms with Crippen LogP contribution in [0.15, 0.2) is 29.3 Å². The van der Waals surface area contributed by atoms with E-state index in [9.17, 15) is 0 Å². The zero-order chi connectivity index (χ0) is 13.1. The molecular formula is C13H16ClN3S. The first-order valence-corrected chi connectivity index (χ1v) is 7.08. The average Bonchev–Trinajstić information content (AvgIpc) is 2.62. The van der Waals surface area contributed by atoms with Gasteiger partial charge in [0.2, 0.25) is 0 Å². The molecule has 0 aliphatic heterocycles. The minimum atomic E-state index is 0.518. The Morgan fingerprint density at radius 3 is 2.78 bits per heavy atom. The first-order chi connectivity index (χ1) is 8.63. The third-order valence-electron chi connectivity index (χ3n) is 2.82. The minimum absolute atomic E-state index is 0.518. The lowest BCUT2D eigenvalue weighted by Crippen LogP contribution is -2.00. The van der Waals surface area contributed by atoms with Crippen molar-refractivity contribution in [2.75, 3.05) is 0 Å². The molecule has 1 heterocycles. The molecule has 1 aromatic heterocycles. The van der Waals surface area contributed by atoms with Crippen LogP contribution in [0.4, 0.5) is 0 Å². The number of hydrogen-bond acceptors (Lipinski definition) is 3. The van der Waals surface area contributed by atoms with Gasteiger partial charge in [0.25, 0.3) is 0 Å². The molecule has 96 valence electrons. The topological polar surface area (TPSA) is 43.8 Å². The highest BCUT2D eigenvalue weighted by Gasteiger charge is 2.12. The lowest BCUT2D eigenvalue weighted by atomic mass is 10.2. The Kier molecular flexibility index (Phi) is 4.32. The van der Waals surface area contributed by atoms with E-state index in [4.69, 9.17) is 17.3 Å². The summed E-state index contributed by atoms with van der Waals surface area (Å²) in [6.07, 6.45) is 0. The second-order valence-corrected chi connectivity index (χ2v) is 5.45. The predicted octanol–water partition coefficient (Wildman–Crippen LogP) is 3.13. The van der Waals surface area contributed by atoms with Crippen LogP contribution in [0.25, 0.3) is 0 Å². The third-order valence-corrected chi connectivity index (χ3v) is 4.42. The summed E-state index contributed by atoms with van der Waals surface area (Å²) in [5.74, 6) is 0.825. The molecule has 0 amide bonds. The molecule has 2 N–H and O–H groups in total. The van der Waals surface area contributed by atoms with Crippen molar-refractivity contribution in [2.45, 2.75) is 24.2 Å². The fraction of sp³-hybridized carbons (Fsp3) is 0.308. The van der Waals surface area contributed by atoms with Crippen LogP contribution in [0, 0.1) is 6.92 Å². The second kappa shape index (κ2) is 5.78. The number of aryl methyl sites for hydroxylation is 2. The predicted molar refractivity (Wildman–Crippen MR) is 76.8 cm³/mol. The maximum absolute atomic E-state index is 6.15. The molecule has 0 radical (unpaired) electrons. The van der Waals surface area contributed by atoms with Gasteiger partial charge in [0.05, 0.1) is 10.7 Å². The van der Waals surface area contributed by atoms with E-state index < -0.39 is 0 Å². The molecule has 0 saturated heterocycles. The van der Waals surface area contributed by atoms with Crippen LogP contribution in [-0.4, -0.2) is 9.78 Å². The van der Waals surface area contributed by atoms with Gasteiger partial charge in [-0.15, -0.1) is 11.8 Å². The van der Waals surface area contributed by atoms with E-state index in [1.165, 1.54) is 0 Å². The highest BCUT2D eigenvalue weighted by Crippen LogP contribution is 2.29. The highest BCUT2D eigenvalue weighted by atomic mass is 35.5. The lowest BCUT2D eigenvalue weighted by molar-refractivity contribution is 0.688. The van der Waals surface area contributed by atoms with E-state index in [0.29, 0.717) is 6.54 Å². The SMILES string of the molecule is Cc1nn(C)c(SCc2ccccc2Cl)c1CN. The normalized spacial score (nSPS) is 10.9. The Morgan fingerprint density at radius 2 is 2.11 bits per heavy atom. The average molecular weight is 282 g/mol. The summed E-state index contributed by atoms with van der Waals surface area (Å²) in [4.78, 5) is 0. The van der Waals surface area contributed by atoms with Crippen LogP contribution in [0.2, 0.25) is 5.02 Å². The number of nitrogens with zero attached hydrogens (tertiary/aromatic N) is 2. The molecule has 0 spiro atoms. The van der Waals surface area contributed by atoms with Gasteiger partial charge in [-0.25, -0.2) is 0 Å². The first kappa shape index (κ1) is 13.5. The molecule has 0 saturated carbocycles. The highest BCUT2D eigenvalue weighted by molar-refractivity contribution is 7.98. The fourth-order valence-corrected chi connectivity index (χ4v) is 3.32. The van der Waals surface area contributed by atoms with Crippen molar-refractivity contribution in [1.82, 2.24) is 9.78 Å². The standard InChI is InChI=1S/C13H16ClN3S/c1-9-11(7-15)13(17(2)16-9)18-8-10-5-3-4-6-12(10)14/h3-6H,7-8,15H2,1-2H3. The lowest BCUT2D eigenvalue weighted by Gasteiger charge is -2.06. The van der Waals surface area contributed by atoms with Crippen LogP contribution in [0.1, 0.15) is 16.8 Å². The molecule has 1 aromatic carbocycles. The third kappa shape index (κ3) is 2.71. The molecular weight excluding hydrogens is 266 g/mol. The van der Waals surface area contributed by atoms with Crippen LogP contribution in [0.5, 0.6) is 0 Å². The largest absolute Gasteiger partial charge is 0.326 e. The van der Waals surface area contributed by atoms with Crippen LogP contribution >= 0.6 is 23.4 Å². The van der Waals surface area contributed by atoms with E-state index in [1.807, 2.05) is 42.9 Å².